The van der Waals surface area contributed by atoms with Crippen molar-refractivity contribution in [3.63, 3.8) is 0 Å². The van der Waals surface area contributed by atoms with E-state index in [1.54, 1.807) is 6.08 Å². The van der Waals surface area contributed by atoms with Gasteiger partial charge in [-0.15, -0.1) is 0 Å². The van der Waals surface area contributed by atoms with Gasteiger partial charge in [-0.3, -0.25) is 4.99 Å². The van der Waals surface area contributed by atoms with Crippen LogP contribution in [0, 0.1) is 0 Å². The number of fused-ring (bicyclic) bond motifs is 7. The van der Waals surface area contributed by atoms with E-state index >= 15 is 0 Å². The first kappa shape index (κ1) is 30.3. The van der Waals surface area contributed by atoms with Crippen LogP contribution >= 0.6 is 0 Å². The van der Waals surface area contributed by atoms with E-state index in [0.29, 0.717) is 6.54 Å². The summed E-state index contributed by atoms with van der Waals surface area (Å²) < 4.78 is 4.73. The maximum Gasteiger partial charge on any atom is 0.0785 e. The minimum Gasteiger partial charge on any atom is -0.345 e. The van der Waals surface area contributed by atoms with Crippen molar-refractivity contribution in [2.45, 2.75) is 26.7 Å². The highest BCUT2D eigenvalue weighted by Gasteiger charge is 2.21. The number of aryl methyl sites for hydroxylation is 1. The van der Waals surface area contributed by atoms with Gasteiger partial charge in [0.2, 0.25) is 0 Å². The smallest absolute Gasteiger partial charge is 0.0785 e. The van der Waals surface area contributed by atoms with Crippen molar-refractivity contribution in [1.29, 1.82) is 0 Å². The zero-order chi connectivity index (χ0) is 31.1. The third-order valence-electron chi connectivity index (χ3n) is 8.05. The van der Waals surface area contributed by atoms with E-state index in [1.165, 1.54) is 38.4 Å². The number of rotatable bonds is 11. The fraction of sp³-hybridized carbons (Fsp3) is 0.146. The van der Waals surface area contributed by atoms with Crippen LogP contribution in [0.15, 0.2) is 151 Å². The molecule has 0 unspecified atom stereocenters. The number of para-hydroxylation sites is 1. The topological polar surface area (TPSA) is 22.2 Å². The molecule has 3 heteroatoms. The van der Waals surface area contributed by atoms with Crippen LogP contribution in [0.5, 0.6) is 0 Å². The Hall–Kier alpha value is -5.15. The van der Waals surface area contributed by atoms with Crippen LogP contribution in [0.2, 0.25) is 0 Å². The molecule has 0 bridgehead atoms. The standard InChI is InChI=1S/C41H41N3/c1-7-11-14-20-30(5)37(42-29-31(19-9-3)21-12-8-2)28-32(10-4)44-39-25-18-17-23-34(39)36-27-26-35-33-22-15-13-16-24-38(33)43(6)40(35)41(36)44/h7,9-23,25-28H,1,3-4,8,24,29H2,2,5-6H3/b14-11-,21-12-,30-20+,31-19+,32-28+,42-37?. The van der Waals surface area contributed by atoms with E-state index in [1.807, 2.05) is 30.4 Å². The number of aromatic nitrogens is 2. The van der Waals surface area contributed by atoms with Crippen molar-refractivity contribution in [2.24, 2.45) is 12.0 Å². The molecule has 3 nitrogen and oxygen atoms in total. The second-order valence-electron chi connectivity index (χ2n) is 10.9. The summed E-state index contributed by atoms with van der Waals surface area (Å²) in [6, 6.07) is 13.2. The maximum absolute atomic E-state index is 5.14. The Morgan fingerprint density at radius 2 is 1.75 bits per heavy atom. The van der Waals surface area contributed by atoms with Gasteiger partial charge in [-0.1, -0.05) is 130 Å². The number of allylic oxidation sites excluding steroid dienone is 14. The SMILES string of the molecule is C=C/C=C\C=C(/C)C(/C=C(\C=C)n1c2ccccc2c2ccc3c4c(n(C)c3c21)CC=CC=C4)=NCC(/C=C\CC)=C/C=C. The van der Waals surface area contributed by atoms with Gasteiger partial charge in [0.05, 0.1) is 28.8 Å². The molecule has 2 aromatic carbocycles. The molecule has 5 rings (SSSR count). The molecular weight excluding hydrogens is 534 g/mol. The average Bonchev–Trinajstić information content (AvgIpc) is 3.37. The fourth-order valence-corrected chi connectivity index (χ4v) is 5.94. The molecular formula is C41H41N3. The van der Waals surface area contributed by atoms with E-state index < -0.39 is 0 Å². The number of aliphatic imine (C=N–C) groups is 1. The van der Waals surface area contributed by atoms with Gasteiger partial charge < -0.3 is 9.13 Å². The largest absolute Gasteiger partial charge is 0.345 e. The number of nitrogens with zero attached hydrogens (tertiary/aromatic N) is 3. The Balaban J connectivity index is 1.80. The van der Waals surface area contributed by atoms with Crippen LogP contribution in [0.4, 0.5) is 0 Å². The van der Waals surface area contributed by atoms with E-state index in [4.69, 9.17) is 4.99 Å². The van der Waals surface area contributed by atoms with Gasteiger partial charge in [-0.2, -0.15) is 0 Å². The van der Waals surface area contributed by atoms with Crippen molar-refractivity contribution in [2.75, 3.05) is 6.54 Å². The molecule has 220 valence electrons. The summed E-state index contributed by atoms with van der Waals surface area (Å²) in [5, 5.41) is 3.69. The quantitative estimate of drug-likeness (QED) is 0.125. The van der Waals surface area contributed by atoms with Crippen LogP contribution in [0.3, 0.4) is 0 Å². The Bertz CT molecular complexity index is 2000. The predicted molar refractivity (Wildman–Crippen MR) is 195 cm³/mol. The number of benzene rings is 2. The molecule has 0 spiro atoms. The molecule has 1 aliphatic rings. The van der Waals surface area contributed by atoms with E-state index in [9.17, 15) is 0 Å². The average molecular weight is 576 g/mol. The number of hydrogen-bond donors (Lipinski definition) is 0. The van der Waals surface area contributed by atoms with Crippen LogP contribution in [0.25, 0.3) is 44.5 Å². The van der Waals surface area contributed by atoms with Gasteiger partial charge in [0.15, 0.2) is 0 Å². The summed E-state index contributed by atoms with van der Waals surface area (Å²) in [6.45, 7) is 16.8. The highest BCUT2D eigenvalue weighted by atomic mass is 15.0. The van der Waals surface area contributed by atoms with Crippen molar-refractivity contribution in [3.8, 4) is 0 Å². The molecule has 0 aliphatic heterocycles. The van der Waals surface area contributed by atoms with E-state index in [0.717, 1.165) is 40.9 Å². The Kier molecular flexibility index (Phi) is 9.56. The van der Waals surface area contributed by atoms with Crippen LogP contribution in [-0.2, 0) is 13.5 Å². The van der Waals surface area contributed by atoms with Crippen molar-refractivity contribution < 1.29 is 0 Å². The van der Waals surface area contributed by atoms with E-state index in [2.05, 4.69) is 135 Å². The predicted octanol–water partition coefficient (Wildman–Crippen LogP) is 10.6. The molecule has 0 saturated carbocycles. The Morgan fingerprint density at radius 3 is 2.52 bits per heavy atom. The van der Waals surface area contributed by atoms with Gasteiger partial charge >= 0.3 is 0 Å². The lowest BCUT2D eigenvalue weighted by Gasteiger charge is -2.13. The van der Waals surface area contributed by atoms with Crippen molar-refractivity contribution >= 4 is 50.2 Å². The molecule has 2 heterocycles. The lowest BCUT2D eigenvalue weighted by atomic mass is 10.1. The summed E-state index contributed by atoms with van der Waals surface area (Å²) in [5.74, 6) is 0. The third kappa shape index (κ3) is 5.87. The second-order valence-corrected chi connectivity index (χ2v) is 10.9. The molecule has 0 saturated heterocycles. The first-order valence-electron chi connectivity index (χ1n) is 15.2. The maximum atomic E-state index is 5.14. The molecule has 4 aromatic rings. The van der Waals surface area contributed by atoms with Crippen LogP contribution in [-0.4, -0.2) is 21.4 Å². The monoisotopic (exact) mass is 575 g/mol. The molecule has 2 aromatic heterocycles. The third-order valence-corrected chi connectivity index (χ3v) is 8.05. The Labute approximate surface area is 261 Å². The highest BCUT2D eigenvalue weighted by molar-refractivity contribution is 6.21. The van der Waals surface area contributed by atoms with Crippen molar-refractivity contribution in [1.82, 2.24) is 9.13 Å². The summed E-state index contributed by atoms with van der Waals surface area (Å²) in [5.41, 5.74) is 10.1. The van der Waals surface area contributed by atoms with Crippen LogP contribution < -0.4 is 0 Å². The van der Waals surface area contributed by atoms with Crippen LogP contribution in [0.1, 0.15) is 31.5 Å². The summed E-state index contributed by atoms with van der Waals surface area (Å²) in [6.07, 6.45) is 30.6. The number of hydrogen-bond acceptors (Lipinski definition) is 1. The van der Waals surface area contributed by atoms with Gasteiger partial charge in [0, 0.05) is 46.6 Å². The summed E-state index contributed by atoms with van der Waals surface area (Å²) in [7, 11) is 2.19. The molecule has 44 heavy (non-hydrogen) atoms. The minimum absolute atomic E-state index is 0.539. The molecule has 1 aliphatic carbocycles. The lowest BCUT2D eigenvalue weighted by molar-refractivity contribution is 0.889. The molecule has 0 amide bonds. The minimum atomic E-state index is 0.539. The molecule has 0 N–H and O–H groups in total. The van der Waals surface area contributed by atoms with Crippen molar-refractivity contribution in [3.05, 3.63) is 158 Å². The van der Waals surface area contributed by atoms with E-state index in [-0.39, 0.29) is 0 Å². The summed E-state index contributed by atoms with van der Waals surface area (Å²) >= 11 is 0. The normalized spacial score (nSPS) is 14.8. The molecule has 0 fully saturated rings. The summed E-state index contributed by atoms with van der Waals surface area (Å²) in [4.78, 5) is 5.14. The zero-order valence-electron chi connectivity index (χ0n) is 26.1. The first-order valence-corrected chi connectivity index (χ1v) is 15.2. The van der Waals surface area contributed by atoms with Gasteiger partial charge in [0.25, 0.3) is 0 Å². The van der Waals surface area contributed by atoms with Gasteiger partial charge in [0.1, 0.15) is 0 Å². The van der Waals surface area contributed by atoms with Gasteiger partial charge in [-0.25, -0.2) is 0 Å². The second kappa shape index (κ2) is 13.9. The molecule has 0 radical (unpaired) electrons. The fourth-order valence-electron chi connectivity index (χ4n) is 5.94. The lowest BCUT2D eigenvalue weighted by Crippen LogP contribution is -2.04. The van der Waals surface area contributed by atoms with Gasteiger partial charge in [-0.05, 0) is 42.7 Å². The molecule has 0 atom stereocenters. The highest BCUT2D eigenvalue weighted by Crippen LogP contribution is 2.40. The zero-order valence-corrected chi connectivity index (χ0v) is 26.1. The Morgan fingerprint density at radius 1 is 0.932 bits per heavy atom. The first-order chi connectivity index (χ1) is 21.5.